The summed E-state index contributed by atoms with van der Waals surface area (Å²) in [5.74, 6) is 0. The Labute approximate surface area is 260 Å². The molecule has 0 saturated heterocycles. The van der Waals surface area contributed by atoms with Gasteiger partial charge < -0.3 is 9.32 Å². The van der Waals surface area contributed by atoms with Crippen molar-refractivity contribution >= 4 is 60.8 Å². The summed E-state index contributed by atoms with van der Waals surface area (Å²) >= 11 is 0. The number of nitrogens with zero attached hydrogens (tertiary/aromatic N) is 3. The molecule has 4 nitrogen and oxygen atoms in total. The van der Waals surface area contributed by atoms with Crippen molar-refractivity contribution in [3.63, 3.8) is 0 Å². The molecule has 212 valence electrons. The highest BCUT2D eigenvalue weighted by atomic mass is 16.3. The predicted octanol–water partition coefficient (Wildman–Crippen LogP) is 11.2. The number of benzene rings is 7. The predicted molar refractivity (Wildman–Crippen MR) is 186 cm³/mol. The topological polar surface area (TPSA) is 34.2 Å². The molecular weight excluding hydrogens is 550 g/mol. The van der Waals surface area contributed by atoms with Gasteiger partial charge in [0.1, 0.15) is 17.5 Å². The normalized spacial score (nSPS) is 11.6. The van der Waals surface area contributed by atoms with Crippen LogP contribution in [0.25, 0.3) is 60.6 Å². The highest BCUT2D eigenvalue weighted by Crippen LogP contribution is 2.43. The molecule has 0 N–H and O–H groups in total. The summed E-state index contributed by atoms with van der Waals surface area (Å²) in [6, 6.07) is 55.1. The maximum atomic E-state index is 6.63. The Morgan fingerprint density at radius 3 is 1.84 bits per heavy atom. The summed E-state index contributed by atoms with van der Waals surface area (Å²) < 4.78 is 8.80. The van der Waals surface area contributed by atoms with Crippen molar-refractivity contribution in [1.82, 2.24) is 9.55 Å². The van der Waals surface area contributed by atoms with Gasteiger partial charge in [-0.3, -0.25) is 4.57 Å². The molecule has 0 aliphatic carbocycles. The Kier molecular flexibility index (Phi) is 5.78. The molecule has 4 heteroatoms. The number of aromatic nitrogens is 2. The van der Waals surface area contributed by atoms with Gasteiger partial charge in [-0.1, -0.05) is 91.0 Å². The molecule has 0 spiro atoms. The smallest absolute Gasteiger partial charge is 0.145 e. The van der Waals surface area contributed by atoms with Crippen molar-refractivity contribution in [2.75, 3.05) is 4.90 Å². The lowest BCUT2D eigenvalue weighted by Gasteiger charge is -2.25. The fraction of sp³-hybridized carbons (Fsp3) is 0. The van der Waals surface area contributed by atoms with Gasteiger partial charge in [0.25, 0.3) is 0 Å². The van der Waals surface area contributed by atoms with E-state index >= 15 is 0 Å². The zero-order valence-corrected chi connectivity index (χ0v) is 24.3. The summed E-state index contributed by atoms with van der Waals surface area (Å²) in [6.07, 6.45) is 1.92. The molecule has 0 radical (unpaired) electrons. The Hall–Kier alpha value is -6.13. The average Bonchev–Trinajstić information content (AvgIpc) is 3.72. The van der Waals surface area contributed by atoms with Crippen molar-refractivity contribution in [3.8, 4) is 16.8 Å². The lowest BCUT2D eigenvalue weighted by atomic mass is 9.95. The van der Waals surface area contributed by atoms with Gasteiger partial charge in [-0.25, -0.2) is 4.98 Å². The number of fused-ring (bicyclic) bond motifs is 7. The molecule has 0 amide bonds. The molecule has 0 unspecified atom stereocenters. The Morgan fingerprint density at radius 1 is 0.533 bits per heavy atom. The van der Waals surface area contributed by atoms with Crippen LogP contribution in [0.2, 0.25) is 0 Å². The molecule has 45 heavy (non-hydrogen) atoms. The minimum Gasteiger partial charge on any atom is -0.455 e. The second-order valence-electron chi connectivity index (χ2n) is 11.3. The van der Waals surface area contributed by atoms with E-state index in [9.17, 15) is 0 Å². The number of hydrogen-bond acceptors (Lipinski definition) is 3. The van der Waals surface area contributed by atoms with Crippen LogP contribution in [0.5, 0.6) is 0 Å². The van der Waals surface area contributed by atoms with Crippen LogP contribution >= 0.6 is 0 Å². The Morgan fingerprint density at radius 2 is 1.13 bits per heavy atom. The Bertz CT molecular complexity index is 2420. The van der Waals surface area contributed by atoms with Gasteiger partial charge in [0.2, 0.25) is 0 Å². The molecule has 2 aromatic heterocycles. The molecule has 7 aromatic carbocycles. The molecule has 0 atom stereocenters. The van der Waals surface area contributed by atoms with Gasteiger partial charge in [0.05, 0.1) is 16.4 Å². The molecule has 0 aliphatic heterocycles. The average molecular weight is 578 g/mol. The molecule has 2 heterocycles. The minimum absolute atomic E-state index is 0.884. The lowest BCUT2D eigenvalue weighted by molar-refractivity contribution is 0.673. The maximum Gasteiger partial charge on any atom is 0.145 e. The second kappa shape index (κ2) is 10.2. The highest BCUT2D eigenvalue weighted by Gasteiger charge is 2.20. The van der Waals surface area contributed by atoms with Gasteiger partial charge in [-0.15, -0.1) is 0 Å². The number of para-hydroxylation sites is 4. The third kappa shape index (κ3) is 4.11. The van der Waals surface area contributed by atoms with E-state index in [1.165, 1.54) is 0 Å². The fourth-order valence-electron chi connectivity index (χ4n) is 6.59. The molecule has 0 bridgehead atoms. The van der Waals surface area contributed by atoms with E-state index in [2.05, 4.69) is 149 Å². The van der Waals surface area contributed by atoms with E-state index in [-0.39, 0.29) is 0 Å². The van der Waals surface area contributed by atoms with Crippen molar-refractivity contribution in [2.45, 2.75) is 0 Å². The number of imidazole rings is 1. The van der Waals surface area contributed by atoms with Gasteiger partial charge in [0.15, 0.2) is 0 Å². The highest BCUT2D eigenvalue weighted by molar-refractivity contribution is 6.25. The van der Waals surface area contributed by atoms with Crippen LogP contribution < -0.4 is 4.90 Å². The van der Waals surface area contributed by atoms with Gasteiger partial charge in [-0.05, 0) is 83.2 Å². The van der Waals surface area contributed by atoms with Crippen LogP contribution in [-0.4, -0.2) is 9.55 Å². The molecule has 0 aliphatic rings. The SMILES string of the molecule is c1ccc(N(c2ccccc2)c2ccc(-c3cc4ncn(-c5ccccc5)c4c4c3ccc3c5ccccc5oc34)cc2)cc1. The van der Waals surface area contributed by atoms with Crippen LogP contribution in [0.3, 0.4) is 0 Å². The standard InChI is InChI=1S/C41H27N3O/c1-4-12-29(13-5-1)43-27-42-37-26-36(34-24-25-35-33-18-10-11-19-38(33)45-41(35)39(34)40(37)43)28-20-22-32(23-21-28)44(30-14-6-2-7-15-30)31-16-8-3-9-17-31/h1-27H. The van der Waals surface area contributed by atoms with E-state index in [1.54, 1.807) is 0 Å². The van der Waals surface area contributed by atoms with Gasteiger partial charge >= 0.3 is 0 Å². The van der Waals surface area contributed by atoms with Gasteiger partial charge in [-0.2, -0.15) is 0 Å². The second-order valence-corrected chi connectivity index (χ2v) is 11.3. The number of furan rings is 1. The zero-order valence-electron chi connectivity index (χ0n) is 24.3. The van der Waals surface area contributed by atoms with Crippen molar-refractivity contribution in [3.05, 3.63) is 164 Å². The Balaban J connectivity index is 1.28. The molecule has 0 saturated carbocycles. The van der Waals surface area contributed by atoms with E-state index in [0.717, 1.165) is 77.6 Å². The van der Waals surface area contributed by atoms with Crippen LogP contribution in [0, 0.1) is 0 Å². The molecule has 9 aromatic rings. The number of hydrogen-bond donors (Lipinski definition) is 0. The van der Waals surface area contributed by atoms with E-state index in [1.807, 2.05) is 24.5 Å². The quantitative estimate of drug-likeness (QED) is 0.204. The monoisotopic (exact) mass is 577 g/mol. The molecule has 9 rings (SSSR count). The summed E-state index contributed by atoms with van der Waals surface area (Å²) in [5.41, 5.74) is 10.4. The summed E-state index contributed by atoms with van der Waals surface area (Å²) in [5, 5.41) is 4.42. The van der Waals surface area contributed by atoms with E-state index in [4.69, 9.17) is 9.40 Å². The van der Waals surface area contributed by atoms with Crippen molar-refractivity contribution in [2.24, 2.45) is 0 Å². The zero-order chi connectivity index (χ0) is 29.7. The van der Waals surface area contributed by atoms with Crippen molar-refractivity contribution < 1.29 is 4.42 Å². The summed E-state index contributed by atoms with van der Waals surface area (Å²) in [4.78, 5) is 7.21. The summed E-state index contributed by atoms with van der Waals surface area (Å²) in [7, 11) is 0. The van der Waals surface area contributed by atoms with Crippen LogP contribution in [0.1, 0.15) is 0 Å². The third-order valence-electron chi connectivity index (χ3n) is 8.65. The number of rotatable bonds is 5. The van der Waals surface area contributed by atoms with Gasteiger partial charge in [0, 0.05) is 33.5 Å². The first kappa shape index (κ1) is 25.4. The minimum atomic E-state index is 0.884. The summed E-state index contributed by atoms with van der Waals surface area (Å²) in [6.45, 7) is 0. The van der Waals surface area contributed by atoms with Crippen molar-refractivity contribution in [1.29, 1.82) is 0 Å². The van der Waals surface area contributed by atoms with Crippen LogP contribution in [0.15, 0.2) is 168 Å². The lowest BCUT2D eigenvalue weighted by Crippen LogP contribution is -2.09. The maximum absolute atomic E-state index is 6.63. The first-order valence-electron chi connectivity index (χ1n) is 15.1. The first-order valence-corrected chi connectivity index (χ1v) is 15.1. The molecule has 0 fully saturated rings. The molecular formula is C41H27N3O. The fourth-order valence-corrected chi connectivity index (χ4v) is 6.59. The van der Waals surface area contributed by atoms with E-state index in [0.29, 0.717) is 0 Å². The van der Waals surface area contributed by atoms with Crippen LogP contribution in [-0.2, 0) is 0 Å². The van der Waals surface area contributed by atoms with Crippen LogP contribution in [0.4, 0.5) is 17.1 Å². The van der Waals surface area contributed by atoms with E-state index < -0.39 is 0 Å². The first-order chi connectivity index (χ1) is 22.3. The number of anilines is 3. The third-order valence-corrected chi connectivity index (χ3v) is 8.65. The largest absolute Gasteiger partial charge is 0.455 e.